The van der Waals surface area contributed by atoms with Crippen LogP contribution in [0.1, 0.15) is 11.1 Å². The number of nitrogens with zero attached hydrogens (tertiary/aromatic N) is 2. The van der Waals surface area contributed by atoms with Crippen molar-refractivity contribution in [2.45, 2.75) is 13.5 Å². The molecule has 1 heterocycles. The van der Waals surface area contributed by atoms with Crippen molar-refractivity contribution in [3.63, 3.8) is 0 Å². The van der Waals surface area contributed by atoms with Crippen molar-refractivity contribution in [2.24, 2.45) is 0 Å². The number of anilines is 1. The molecule has 0 bridgehead atoms. The van der Waals surface area contributed by atoms with Crippen molar-refractivity contribution in [1.82, 2.24) is 9.97 Å². The maximum atomic E-state index is 5.97. The second-order valence-corrected chi connectivity index (χ2v) is 5.83. The van der Waals surface area contributed by atoms with Gasteiger partial charge < -0.3 is 14.8 Å². The zero-order valence-corrected chi connectivity index (χ0v) is 14.7. The second-order valence-electron chi connectivity index (χ2n) is 5.44. The topological polar surface area (TPSA) is 56.3 Å². The van der Waals surface area contributed by atoms with Gasteiger partial charge in [0, 0.05) is 23.9 Å². The summed E-state index contributed by atoms with van der Waals surface area (Å²) in [6, 6.07) is 17.6. The molecule has 3 rings (SSSR count). The maximum absolute atomic E-state index is 5.97. The van der Waals surface area contributed by atoms with Gasteiger partial charge in [0.25, 0.3) is 0 Å². The molecule has 0 aliphatic heterocycles. The smallest absolute Gasteiger partial charge is 0.326 e. The van der Waals surface area contributed by atoms with Gasteiger partial charge >= 0.3 is 6.01 Å². The fourth-order valence-electron chi connectivity index (χ4n) is 2.24. The van der Waals surface area contributed by atoms with E-state index in [2.05, 4.69) is 34.3 Å². The highest BCUT2D eigenvalue weighted by molar-refractivity contribution is 6.29. The monoisotopic (exact) mass is 355 g/mol. The Morgan fingerprint density at radius 1 is 1.04 bits per heavy atom. The van der Waals surface area contributed by atoms with Crippen LogP contribution >= 0.6 is 11.6 Å². The lowest BCUT2D eigenvalue weighted by Gasteiger charge is -2.12. The molecule has 0 fully saturated rings. The molecular formula is C19H18ClN3O2. The van der Waals surface area contributed by atoms with E-state index in [0.29, 0.717) is 18.2 Å². The van der Waals surface area contributed by atoms with Gasteiger partial charge in [-0.1, -0.05) is 47.5 Å². The van der Waals surface area contributed by atoms with Gasteiger partial charge in [-0.15, -0.1) is 0 Å². The standard InChI is InChI=1S/C19H18ClN3O2/c1-13-7-9-15(10-8-13)21-12-14-5-3-4-6-16(14)25-19-22-17(20)11-18(23-19)24-2/h3-11,21H,12H2,1-2H3. The number of ether oxygens (including phenoxy) is 2. The zero-order chi connectivity index (χ0) is 17.6. The summed E-state index contributed by atoms with van der Waals surface area (Å²) in [6.45, 7) is 2.67. The zero-order valence-electron chi connectivity index (χ0n) is 14.0. The Kier molecular flexibility index (Phi) is 5.36. The van der Waals surface area contributed by atoms with Gasteiger partial charge in [-0.25, -0.2) is 0 Å². The average molecular weight is 356 g/mol. The van der Waals surface area contributed by atoms with Crippen LogP contribution in [0, 0.1) is 6.92 Å². The summed E-state index contributed by atoms with van der Waals surface area (Å²) in [5.41, 5.74) is 3.24. The lowest BCUT2D eigenvalue weighted by molar-refractivity contribution is 0.375. The first kappa shape index (κ1) is 17.0. The Balaban J connectivity index is 1.76. The van der Waals surface area contributed by atoms with E-state index in [1.165, 1.54) is 18.7 Å². The van der Waals surface area contributed by atoms with Gasteiger partial charge in [0.1, 0.15) is 10.9 Å². The van der Waals surface area contributed by atoms with Crippen LogP contribution in [-0.2, 0) is 6.54 Å². The Morgan fingerprint density at radius 2 is 1.80 bits per heavy atom. The minimum Gasteiger partial charge on any atom is -0.481 e. The predicted octanol–water partition coefficient (Wildman–Crippen LogP) is 4.85. The van der Waals surface area contributed by atoms with Crippen molar-refractivity contribution < 1.29 is 9.47 Å². The molecule has 0 aliphatic rings. The van der Waals surface area contributed by atoms with Gasteiger partial charge in [0.05, 0.1) is 7.11 Å². The number of methoxy groups -OCH3 is 1. The van der Waals surface area contributed by atoms with Crippen LogP contribution in [0.4, 0.5) is 5.69 Å². The molecule has 0 amide bonds. The minimum absolute atomic E-state index is 0.145. The molecular weight excluding hydrogens is 338 g/mol. The number of benzene rings is 2. The highest BCUT2D eigenvalue weighted by atomic mass is 35.5. The van der Waals surface area contributed by atoms with Crippen molar-refractivity contribution >= 4 is 17.3 Å². The van der Waals surface area contributed by atoms with E-state index in [9.17, 15) is 0 Å². The van der Waals surface area contributed by atoms with E-state index in [1.807, 2.05) is 36.4 Å². The van der Waals surface area contributed by atoms with E-state index in [0.717, 1.165) is 11.3 Å². The van der Waals surface area contributed by atoms with E-state index < -0.39 is 0 Å². The summed E-state index contributed by atoms with van der Waals surface area (Å²) >= 11 is 5.97. The number of hydrogen-bond acceptors (Lipinski definition) is 5. The summed E-state index contributed by atoms with van der Waals surface area (Å²) < 4.78 is 10.9. The second kappa shape index (κ2) is 7.85. The van der Waals surface area contributed by atoms with Gasteiger partial charge in [-0.05, 0) is 25.1 Å². The molecule has 0 radical (unpaired) electrons. The maximum Gasteiger partial charge on any atom is 0.326 e. The normalized spacial score (nSPS) is 10.4. The van der Waals surface area contributed by atoms with E-state index in [-0.39, 0.29) is 11.2 Å². The van der Waals surface area contributed by atoms with Crippen molar-refractivity contribution in [3.05, 3.63) is 70.9 Å². The Bertz CT molecular complexity index is 854. The highest BCUT2D eigenvalue weighted by Gasteiger charge is 2.09. The van der Waals surface area contributed by atoms with E-state index in [4.69, 9.17) is 21.1 Å². The molecule has 0 atom stereocenters. The van der Waals surface area contributed by atoms with E-state index >= 15 is 0 Å². The largest absolute Gasteiger partial charge is 0.481 e. The molecule has 3 aromatic rings. The van der Waals surface area contributed by atoms with Gasteiger partial charge in [-0.3, -0.25) is 0 Å². The molecule has 6 heteroatoms. The molecule has 0 aliphatic carbocycles. The number of hydrogen-bond donors (Lipinski definition) is 1. The fraction of sp³-hybridized carbons (Fsp3) is 0.158. The Morgan fingerprint density at radius 3 is 2.56 bits per heavy atom. The third-order valence-electron chi connectivity index (χ3n) is 3.57. The summed E-state index contributed by atoms with van der Waals surface area (Å²) in [7, 11) is 1.52. The third kappa shape index (κ3) is 4.61. The van der Waals surface area contributed by atoms with Crippen LogP contribution in [0.3, 0.4) is 0 Å². The van der Waals surface area contributed by atoms with Crippen LogP contribution in [0.15, 0.2) is 54.6 Å². The molecule has 128 valence electrons. The summed E-state index contributed by atoms with van der Waals surface area (Å²) in [5.74, 6) is 1.01. The number of rotatable bonds is 6. The lowest BCUT2D eigenvalue weighted by atomic mass is 10.2. The average Bonchev–Trinajstić information content (AvgIpc) is 2.62. The quantitative estimate of drug-likeness (QED) is 0.640. The van der Waals surface area contributed by atoms with Gasteiger partial charge in [-0.2, -0.15) is 9.97 Å². The predicted molar refractivity (Wildman–Crippen MR) is 98.6 cm³/mol. The van der Waals surface area contributed by atoms with Crippen molar-refractivity contribution in [2.75, 3.05) is 12.4 Å². The molecule has 5 nitrogen and oxygen atoms in total. The molecule has 1 N–H and O–H groups in total. The molecule has 0 saturated carbocycles. The van der Waals surface area contributed by atoms with Crippen molar-refractivity contribution in [1.29, 1.82) is 0 Å². The van der Waals surface area contributed by atoms with Crippen LogP contribution in [-0.4, -0.2) is 17.1 Å². The lowest BCUT2D eigenvalue weighted by Crippen LogP contribution is -2.02. The van der Waals surface area contributed by atoms with Crippen LogP contribution in [0.5, 0.6) is 17.6 Å². The summed E-state index contributed by atoms with van der Waals surface area (Å²) in [5, 5.41) is 3.64. The molecule has 2 aromatic carbocycles. The molecule has 0 spiro atoms. The van der Waals surface area contributed by atoms with Crippen molar-refractivity contribution in [3.8, 4) is 17.6 Å². The summed E-state index contributed by atoms with van der Waals surface area (Å²) in [4.78, 5) is 8.23. The highest BCUT2D eigenvalue weighted by Crippen LogP contribution is 2.26. The van der Waals surface area contributed by atoms with Crippen LogP contribution < -0.4 is 14.8 Å². The Hall–Kier alpha value is -2.79. The van der Waals surface area contributed by atoms with Gasteiger partial charge in [0.15, 0.2) is 0 Å². The number of nitrogens with one attached hydrogen (secondary N) is 1. The first-order valence-corrected chi connectivity index (χ1v) is 8.17. The third-order valence-corrected chi connectivity index (χ3v) is 3.76. The first-order valence-electron chi connectivity index (χ1n) is 7.79. The number of para-hydroxylation sites is 1. The minimum atomic E-state index is 0.145. The molecule has 0 unspecified atom stereocenters. The first-order chi connectivity index (χ1) is 12.1. The SMILES string of the molecule is COc1cc(Cl)nc(Oc2ccccc2CNc2ccc(C)cc2)n1. The van der Waals surface area contributed by atoms with Crippen LogP contribution in [0.25, 0.3) is 0 Å². The molecule has 25 heavy (non-hydrogen) atoms. The molecule has 0 saturated heterocycles. The number of aryl methyl sites for hydroxylation is 1. The van der Waals surface area contributed by atoms with Gasteiger partial charge in [0.2, 0.25) is 5.88 Å². The number of aromatic nitrogens is 2. The fourth-order valence-corrected chi connectivity index (χ4v) is 2.41. The number of halogens is 1. The molecule has 1 aromatic heterocycles. The van der Waals surface area contributed by atoms with E-state index in [1.54, 1.807) is 0 Å². The van der Waals surface area contributed by atoms with Crippen LogP contribution in [0.2, 0.25) is 5.15 Å². The Labute approximate surface area is 151 Å². The summed E-state index contributed by atoms with van der Waals surface area (Å²) in [6.07, 6.45) is 0.